The van der Waals surface area contributed by atoms with Crippen LogP contribution in [0.1, 0.15) is 34.6 Å². The maximum atomic E-state index is 11.8. The van der Waals surface area contributed by atoms with E-state index in [1.807, 2.05) is 20.8 Å². The lowest BCUT2D eigenvalue weighted by atomic mass is 9.95. The van der Waals surface area contributed by atoms with Crippen molar-refractivity contribution in [3.05, 3.63) is 0 Å². The van der Waals surface area contributed by atoms with Crippen molar-refractivity contribution in [1.29, 1.82) is 0 Å². The molecule has 1 aliphatic rings. The Labute approximate surface area is 141 Å². The summed E-state index contributed by atoms with van der Waals surface area (Å²) < 4.78 is 11.0. The van der Waals surface area contributed by atoms with Crippen LogP contribution in [-0.4, -0.2) is 69.1 Å². The zero-order chi connectivity index (χ0) is 17.5. The molecule has 2 N–H and O–H groups in total. The van der Waals surface area contributed by atoms with Crippen LogP contribution in [0.4, 0.5) is 4.79 Å². The fraction of sp³-hybridized carbons (Fsp3) is 0.941. The molecule has 0 aliphatic carbocycles. The summed E-state index contributed by atoms with van der Waals surface area (Å²) in [5.41, 5.74) is -0.458. The molecule has 6 heteroatoms. The number of hydrogen-bond donors (Lipinski definition) is 2. The van der Waals surface area contributed by atoms with Gasteiger partial charge in [-0.25, -0.2) is 4.79 Å². The van der Waals surface area contributed by atoms with Gasteiger partial charge in [0.25, 0.3) is 0 Å². The molecule has 1 amide bonds. The molecule has 2 unspecified atom stereocenters. The Morgan fingerprint density at radius 3 is 2.61 bits per heavy atom. The highest BCUT2D eigenvalue weighted by molar-refractivity contribution is 5.67. The minimum absolute atomic E-state index is 0.250. The van der Waals surface area contributed by atoms with Crippen LogP contribution in [0.3, 0.4) is 0 Å². The Morgan fingerprint density at radius 1 is 1.35 bits per heavy atom. The lowest BCUT2D eigenvalue weighted by molar-refractivity contribution is -0.0185. The van der Waals surface area contributed by atoms with Gasteiger partial charge in [-0.05, 0) is 46.2 Å². The average Bonchev–Trinajstić information content (AvgIpc) is 2.40. The molecular weight excluding hydrogens is 294 g/mol. The fourth-order valence-corrected chi connectivity index (χ4v) is 2.49. The number of carbonyl (C=O) groups excluding carboxylic acids is 1. The zero-order valence-electron chi connectivity index (χ0n) is 15.6. The highest BCUT2D eigenvalue weighted by Gasteiger charge is 2.21. The number of morpholine rings is 1. The van der Waals surface area contributed by atoms with Gasteiger partial charge in [-0.1, -0.05) is 13.8 Å². The topological polar surface area (TPSA) is 62.8 Å². The number of carbonyl (C=O) groups is 1. The standard InChI is InChI=1S/C17H35N3O3/c1-13(2)14(10-19-16(21)23-17(3,4)5)9-18-11-15-12-20(6)7-8-22-15/h13-15,18H,7-12H2,1-6H3,(H,19,21). The zero-order valence-corrected chi connectivity index (χ0v) is 15.6. The van der Waals surface area contributed by atoms with Gasteiger partial charge in [-0.15, -0.1) is 0 Å². The summed E-state index contributed by atoms with van der Waals surface area (Å²) in [7, 11) is 2.12. The molecule has 23 heavy (non-hydrogen) atoms. The van der Waals surface area contributed by atoms with E-state index in [1.54, 1.807) is 0 Å². The molecule has 1 fully saturated rings. The summed E-state index contributed by atoms with van der Waals surface area (Å²) in [6.45, 7) is 15.1. The van der Waals surface area contributed by atoms with Crippen LogP contribution in [0.15, 0.2) is 0 Å². The van der Waals surface area contributed by atoms with Crippen molar-refractivity contribution in [2.24, 2.45) is 11.8 Å². The smallest absolute Gasteiger partial charge is 0.407 e. The van der Waals surface area contributed by atoms with Crippen LogP contribution in [0.5, 0.6) is 0 Å². The molecule has 1 saturated heterocycles. The van der Waals surface area contributed by atoms with Gasteiger partial charge in [0.05, 0.1) is 12.7 Å². The van der Waals surface area contributed by atoms with Gasteiger partial charge in [-0.3, -0.25) is 0 Å². The number of likely N-dealkylation sites (N-methyl/N-ethyl adjacent to an activating group) is 1. The first kappa shape index (κ1) is 20.2. The highest BCUT2D eigenvalue weighted by atomic mass is 16.6. The van der Waals surface area contributed by atoms with Gasteiger partial charge in [0, 0.05) is 26.2 Å². The lowest BCUT2D eigenvalue weighted by Gasteiger charge is -2.31. The normalized spacial score (nSPS) is 21.3. The Hall–Kier alpha value is -0.850. The molecule has 1 heterocycles. The van der Waals surface area contributed by atoms with E-state index in [4.69, 9.17) is 9.47 Å². The van der Waals surface area contributed by atoms with Gasteiger partial charge >= 0.3 is 6.09 Å². The van der Waals surface area contributed by atoms with Gasteiger partial charge in [0.15, 0.2) is 0 Å². The molecule has 0 bridgehead atoms. The summed E-state index contributed by atoms with van der Waals surface area (Å²) in [4.78, 5) is 14.1. The predicted molar refractivity (Wildman–Crippen MR) is 92.7 cm³/mol. The van der Waals surface area contributed by atoms with Crippen molar-refractivity contribution in [3.8, 4) is 0 Å². The summed E-state index contributed by atoms with van der Waals surface area (Å²) in [6.07, 6.45) is -0.0965. The lowest BCUT2D eigenvalue weighted by Crippen LogP contribution is -2.46. The van der Waals surface area contributed by atoms with Crippen molar-refractivity contribution < 1.29 is 14.3 Å². The van der Waals surface area contributed by atoms with Crippen molar-refractivity contribution in [3.63, 3.8) is 0 Å². The van der Waals surface area contributed by atoms with Crippen LogP contribution >= 0.6 is 0 Å². The molecular formula is C17H35N3O3. The minimum Gasteiger partial charge on any atom is -0.444 e. The fourth-order valence-electron chi connectivity index (χ4n) is 2.49. The van der Waals surface area contributed by atoms with Gasteiger partial charge < -0.3 is 25.0 Å². The van der Waals surface area contributed by atoms with E-state index in [1.165, 1.54) is 0 Å². The molecule has 136 valence electrons. The van der Waals surface area contributed by atoms with E-state index in [-0.39, 0.29) is 12.2 Å². The molecule has 0 aromatic rings. The first-order valence-electron chi connectivity index (χ1n) is 8.65. The van der Waals surface area contributed by atoms with Crippen LogP contribution < -0.4 is 10.6 Å². The first-order chi connectivity index (χ1) is 10.7. The van der Waals surface area contributed by atoms with E-state index in [2.05, 4.69) is 36.4 Å². The molecule has 2 atom stereocenters. The number of amides is 1. The number of nitrogens with zero attached hydrogens (tertiary/aromatic N) is 1. The predicted octanol–water partition coefficient (Wildman–Crippen LogP) is 1.70. The third kappa shape index (κ3) is 9.13. The number of ether oxygens (including phenoxy) is 2. The Bertz CT molecular complexity index is 355. The Morgan fingerprint density at radius 2 is 2.04 bits per heavy atom. The highest BCUT2D eigenvalue weighted by Crippen LogP contribution is 2.11. The second-order valence-corrected chi connectivity index (χ2v) is 7.80. The molecule has 1 rings (SSSR count). The van der Waals surface area contributed by atoms with Gasteiger partial charge in [0.2, 0.25) is 0 Å². The largest absolute Gasteiger partial charge is 0.444 e. The van der Waals surface area contributed by atoms with E-state index in [9.17, 15) is 4.79 Å². The van der Waals surface area contributed by atoms with Crippen molar-refractivity contribution in [2.75, 3.05) is 46.4 Å². The monoisotopic (exact) mass is 329 g/mol. The second-order valence-electron chi connectivity index (χ2n) is 7.80. The van der Waals surface area contributed by atoms with Gasteiger partial charge in [-0.2, -0.15) is 0 Å². The molecule has 0 aromatic carbocycles. The van der Waals surface area contributed by atoms with E-state index in [0.717, 1.165) is 32.8 Å². The number of alkyl carbamates (subject to hydrolysis) is 1. The molecule has 6 nitrogen and oxygen atoms in total. The Kier molecular flexibility index (Phi) is 8.29. The van der Waals surface area contributed by atoms with Crippen molar-refractivity contribution in [1.82, 2.24) is 15.5 Å². The van der Waals surface area contributed by atoms with E-state index < -0.39 is 5.60 Å². The molecule has 0 aromatic heterocycles. The second kappa shape index (κ2) is 9.45. The summed E-state index contributed by atoms with van der Waals surface area (Å²) >= 11 is 0. The maximum Gasteiger partial charge on any atom is 0.407 e. The number of nitrogens with one attached hydrogen (secondary N) is 2. The molecule has 0 radical (unpaired) electrons. The summed E-state index contributed by atoms with van der Waals surface area (Å²) in [5, 5.41) is 6.36. The summed E-state index contributed by atoms with van der Waals surface area (Å²) in [5.74, 6) is 0.844. The SMILES string of the molecule is CC(C)C(CNCC1CN(C)CCO1)CNC(=O)OC(C)(C)C. The van der Waals surface area contributed by atoms with Gasteiger partial charge in [0.1, 0.15) is 5.60 Å². The Balaban J connectivity index is 2.27. The number of hydrogen-bond acceptors (Lipinski definition) is 5. The minimum atomic E-state index is -0.458. The van der Waals surface area contributed by atoms with Crippen molar-refractivity contribution >= 4 is 6.09 Å². The first-order valence-corrected chi connectivity index (χ1v) is 8.65. The third-order valence-electron chi connectivity index (χ3n) is 3.97. The summed E-state index contributed by atoms with van der Waals surface area (Å²) in [6, 6.07) is 0. The molecule has 1 aliphatic heterocycles. The molecule has 0 spiro atoms. The van der Waals surface area contributed by atoms with Crippen LogP contribution in [0.2, 0.25) is 0 Å². The quantitative estimate of drug-likeness (QED) is 0.744. The average molecular weight is 329 g/mol. The van der Waals surface area contributed by atoms with Crippen LogP contribution in [0, 0.1) is 11.8 Å². The van der Waals surface area contributed by atoms with Crippen LogP contribution in [0.25, 0.3) is 0 Å². The number of rotatable bonds is 7. The maximum absolute atomic E-state index is 11.8. The van der Waals surface area contributed by atoms with E-state index in [0.29, 0.717) is 18.4 Å². The van der Waals surface area contributed by atoms with Crippen LogP contribution in [-0.2, 0) is 9.47 Å². The van der Waals surface area contributed by atoms with E-state index >= 15 is 0 Å². The third-order valence-corrected chi connectivity index (χ3v) is 3.97. The van der Waals surface area contributed by atoms with Crippen molar-refractivity contribution in [2.45, 2.75) is 46.3 Å². The molecule has 0 saturated carbocycles.